The second-order valence-corrected chi connectivity index (χ2v) is 8.38. The molecule has 3 heterocycles. The van der Waals surface area contributed by atoms with Gasteiger partial charge in [-0.25, -0.2) is 29.1 Å². The molecule has 12 nitrogen and oxygen atoms in total. The SMILES string of the molecule is CCOC(=O)[C@H](C)OC(=O)c1ccc(N2CCN(c3ccc(C(=O)O[C@@H](C)C(=O)OCC)cn3)CC2)nc1. The van der Waals surface area contributed by atoms with Crippen LogP contribution in [-0.4, -0.2) is 85.4 Å². The number of aromatic nitrogens is 2. The van der Waals surface area contributed by atoms with Crippen LogP contribution in [0.25, 0.3) is 0 Å². The van der Waals surface area contributed by atoms with Gasteiger partial charge in [0, 0.05) is 38.6 Å². The lowest BCUT2D eigenvalue weighted by atomic mass is 10.2. The Bertz CT molecular complexity index is 1030. The molecule has 3 rings (SSSR count). The van der Waals surface area contributed by atoms with Crippen molar-refractivity contribution in [1.29, 1.82) is 0 Å². The first-order valence-corrected chi connectivity index (χ1v) is 12.4. The van der Waals surface area contributed by atoms with E-state index in [1.54, 1.807) is 38.1 Å². The Morgan fingerprint density at radius 3 is 1.37 bits per heavy atom. The largest absolute Gasteiger partial charge is 0.463 e. The van der Waals surface area contributed by atoms with Crippen molar-refractivity contribution in [3.63, 3.8) is 0 Å². The molecule has 1 aliphatic heterocycles. The highest BCUT2D eigenvalue weighted by molar-refractivity contribution is 5.92. The third kappa shape index (κ3) is 7.40. The average molecular weight is 529 g/mol. The number of esters is 4. The van der Waals surface area contributed by atoms with Gasteiger partial charge in [-0.15, -0.1) is 0 Å². The van der Waals surface area contributed by atoms with Crippen molar-refractivity contribution in [2.75, 3.05) is 49.2 Å². The van der Waals surface area contributed by atoms with Crippen LogP contribution in [-0.2, 0) is 28.5 Å². The molecule has 38 heavy (non-hydrogen) atoms. The number of ether oxygens (including phenoxy) is 4. The van der Waals surface area contributed by atoms with Crippen LogP contribution in [0.5, 0.6) is 0 Å². The summed E-state index contributed by atoms with van der Waals surface area (Å²) < 4.78 is 19.9. The summed E-state index contributed by atoms with van der Waals surface area (Å²) in [4.78, 5) is 60.8. The molecule has 0 amide bonds. The fourth-order valence-electron chi connectivity index (χ4n) is 3.63. The quantitative estimate of drug-likeness (QED) is 0.329. The number of carbonyl (C=O) groups excluding carboxylic acids is 4. The van der Waals surface area contributed by atoms with Crippen LogP contribution < -0.4 is 9.80 Å². The molecule has 2 aromatic rings. The fourth-order valence-corrected chi connectivity index (χ4v) is 3.63. The van der Waals surface area contributed by atoms with Gasteiger partial charge in [0.2, 0.25) is 0 Å². The van der Waals surface area contributed by atoms with E-state index in [0.29, 0.717) is 37.8 Å². The number of nitrogens with zero attached hydrogens (tertiary/aromatic N) is 4. The van der Waals surface area contributed by atoms with Crippen molar-refractivity contribution in [2.45, 2.75) is 39.9 Å². The van der Waals surface area contributed by atoms with E-state index in [1.165, 1.54) is 26.2 Å². The third-order valence-corrected chi connectivity index (χ3v) is 5.70. The summed E-state index contributed by atoms with van der Waals surface area (Å²) in [5.41, 5.74) is 0.478. The zero-order valence-corrected chi connectivity index (χ0v) is 21.9. The maximum Gasteiger partial charge on any atom is 0.347 e. The van der Waals surface area contributed by atoms with Crippen molar-refractivity contribution in [3.05, 3.63) is 47.8 Å². The van der Waals surface area contributed by atoms with Crippen LogP contribution in [0.4, 0.5) is 11.6 Å². The topological polar surface area (TPSA) is 137 Å². The lowest BCUT2D eigenvalue weighted by molar-refractivity contribution is -0.153. The normalized spacial score (nSPS) is 14.7. The molecule has 0 aliphatic carbocycles. The highest BCUT2D eigenvalue weighted by atomic mass is 16.6. The van der Waals surface area contributed by atoms with Gasteiger partial charge in [-0.1, -0.05) is 0 Å². The molecule has 0 saturated carbocycles. The first-order valence-electron chi connectivity index (χ1n) is 12.4. The summed E-state index contributed by atoms with van der Waals surface area (Å²) >= 11 is 0. The molecule has 12 heteroatoms. The van der Waals surface area contributed by atoms with Gasteiger partial charge in [-0.05, 0) is 52.0 Å². The Balaban J connectivity index is 1.50. The van der Waals surface area contributed by atoms with Crippen LogP contribution >= 0.6 is 0 Å². The second kappa shape index (κ2) is 13.4. The van der Waals surface area contributed by atoms with Gasteiger partial charge in [0.05, 0.1) is 24.3 Å². The lowest BCUT2D eigenvalue weighted by Crippen LogP contribution is -2.47. The maximum absolute atomic E-state index is 12.3. The zero-order valence-electron chi connectivity index (χ0n) is 21.9. The number of hydrogen-bond acceptors (Lipinski definition) is 12. The maximum atomic E-state index is 12.3. The highest BCUT2D eigenvalue weighted by Gasteiger charge is 2.23. The molecule has 1 saturated heterocycles. The molecule has 1 fully saturated rings. The lowest BCUT2D eigenvalue weighted by Gasteiger charge is -2.36. The predicted octanol–water partition coefficient (Wildman–Crippen LogP) is 2.02. The summed E-state index contributed by atoms with van der Waals surface area (Å²) in [7, 11) is 0. The number of hydrogen-bond donors (Lipinski definition) is 0. The van der Waals surface area contributed by atoms with Crippen LogP contribution in [0.2, 0.25) is 0 Å². The van der Waals surface area contributed by atoms with Gasteiger partial charge in [-0.3, -0.25) is 0 Å². The fraction of sp³-hybridized carbons (Fsp3) is 0.462. The molecule has 0 N–H and O–H groups in total. The van der Waals surface area contributed by atoms with E-state index >= 15 is 0 Å². The van der Waals surface area contributed by atoms with E-state index in [4.69, 9.17) is 18.9 Å². The highest BCUT2D eigenvalue weighted by Crippen LogP contribution is 2.19. The van der Waals surface area contributed by atoms with E-state index in [1.807, 2.05) is 0 Å². The second-order valence-electron chi connectivity index (χ2n) is 8.38. The standard InChI is InChI=1S/C26H32N4O8/c1-5-35-23(31)17(3)37-25(33)19-7-9-21(27-15-19)29-11-13-30(14-12-29)22-10-8-20(16-28-22)26(34)38-18(4)24(32)36-6-2/h7-10,15-18H,5-6,11-14H2,1-4H3/t17-,18-/m0/s1. The minimum absolute atomic E-state index is 0.206. The smallest absolute Gasteiger partial charge is 0.347 e. The number of rotatable bonds is 10. The van der Waals surface area contributed by atoms with Crippen LogP contribution in [0, 0.1) is 0 Å². The number of carbonyl (C=O) groups is 4. The summed E-state index contributed by atoms with van der Waals surface area (Å²) in [5, 5.41) is 0. The molecule has 2 aromatic heterocycles. The van der Waals surface area contributed by atoms with Crippen molar-refractivity contribution in [3.8, 4) is 0 Å². The van der Waals surface area contributed by atoms with E-state index in [0.717, 1.165) is 0 Å². The van der Waals surface area contributed by atoms with Gasteiger partial charge in [0.1, 0.15) is 11.6 Å². The van der Waals surface area contributed by atoms with Gasteiger partial charge in [-0.2, -0.15) is 0 Å². The number of pyridine rings is 2. The Hall–Kier alpha value is -4.22. The summed E-state index contributed by atoms with van der Waals surface area (Å²) in [6.45, 7) is 9.35. The number of anilines is 2. The molecular weight excluding hydrogens is 496 g/mol. The van der Waals surface area contributed by atoms with Crippen molar-refractivity contribution >= 4 is 35.5 Å². The van der Waals surface area contributed by atoms with Crippen molar-refractivity contribution in [2.24, 2.45) is 0 Å². The minimum Gasteiger partial charge on any atom is -0.463 e. The Morgan fingerprint density at radius 2 is 1.08 bits per heavy atom. The molecule has 0 spiro atoms. The van der Waals surface area contributed by atoms with Gasteiger partial charge in [0.15, 0.2) is 12.2 Å². The van der Waals surface area contributed by atoms with E-state index in [-0.39, 0.29) is 24.3 Å². The van der Waals surface area contributed by atoms with Crippen molar-refractivity contribution < 1.29 is 38.1 Å². The molecule has 204 valence electrons. The molecule has 0 aromatic carbocycles. The first kappa shape index (κ1) is 28.4. The molecular formula is C26H32N4O8. The summed E-state index contributed by atoms with van der Waals surface area (Å²) in [5.74, 6) is -1.08. The van der Waals surface area contributed by atoms with Gasteiger partial charge >= 0.3 is 23.9 Å². The first-order chi connectivity index (χ1) is 18.2. The average Bonchev–Trinajstić information content (AvgIpc) is 2.93. The molecule has 1 aliphatic rings. The predicted molar refractivity (Wildman–Crippen MR) is 136 cm³/mol. The van der Waals surface area contributed by atoms with E-state index in [9.17, 15) is 19.2 Å². The van der Waals surface area contributed by atoms with Crippen LogP contribution in [0.3, 0.4) is 0 Å². The molecule has 0 bridgehead atoms. The van der Waals surface area contributed by atoms with Gasteiger partial charge < -0.3 is 28.7 Å². The minimum atomic E-state index is -1.00. The monoisotopic (exact) mass is 528 g/mol. The van der Waals surface area contributed by atoms with Crippen molar-refractivity contribution in [1.82, 2.24) is 9.97 Å². The van der Waals surface area contributed by atoms with Crippen LogP contribution in [0.1, 0.15) is 48.4 Å². The van der Waals surface area contributed by atoms with E-state index in [2.05, 4.69) is 19.8 Å². The summed E-state index contributed by atoms with van der Waals surface area (Å²) in [6, 6.07) is 6.68. The zero-order chi connectivity index (χ0) is 27.7. The Morgan fingerprint density at radius 1 is 0.711 bits per heavy atom. The summed E-state index contributed by atoms with van der Waals surface area (Å²) in [6.07, 6.45) is 0.835. The number of piperazine rings is 1. The molecule has 0 radical (unpaired) electrons. The Labute approximate surface area is 220 Å². The third-order valence-electron chi connectivity index (χ3n) is 5.70. The van der Waals surface area contributed by atoms with E-state index < -0.39 is 36.1 Å². The molecule has 2 atom stereocenters. The Kier molecular flexibility index (Phi) is 9.97. The van der Waals surface area contributed by atoms with Gasteiger partial charge in [0.25, 0.3) is 0 Å². The van der Waals surface area contributed by atoms with Crippen LogP contribution in [0.15, 0.2) is 36.7 Å². The molecule has 0 unspecified atom stereocenters.